The molecule has 20 heavy (non-hydrogen) atoms. The van der Waals surface area contributed by atoms with Crippen LogP contribution in [0.3, 0.4) is 0 Å². The first-order valence-corrected chi connectivity index (χ1v) is 8.56. The zero-order valence-electron chi connectivity index (χ0n) is 14.7. The molecule has 0 aromatic heterocycles. The van der Waals surface area contributed by atoms with Gasteiger partial charge in [-0.15, -0.1) is 0 Å². The standard InChI is InChI=1S/C17H37N3/c1-7-10-16(13-18-17(3,4)5)20-12-9-11-19(6)14-15(20)8-2/h15-16,18H,7-14H2,1-6H3. The number of rotatable bonds is 6. The van der Waals surface area contributed by atoms with Crippen molar-refractivity contribution in [2.45, 2.75) is 77.9 Å². The van der Waals surface area contributed by atoms with Crippen molar-refractivity contribution < 1.29 is 0 Å². The summed E-state index contributed by atoms with van der Waals surface area (Å²) in [4.78, 5) is 5.31. The Morgan fingerprint density at radius 3 is 2.45 bits per heavy atom. The van der Waals surface area contributed by atoms with E-state index in [9.17, 15) is 0 Å². The molecule has 3 nitrogen and oxygen atoms in total. The van der Waals surface area contributed by atoms with Crippen LogP contribution in [0.15, 0.2) is 0 Å². The Hall–Kier alpha value is -0.120. The average Bonchev–Trinajstić information content (AvgIpc) is 2.55. The van der Waals surface area contributed by atoms with E-state index in [0.29, 0.717) is 6.04 Å². The van der Waals surface area contributed by atoms with E-state index in [4.69, 9.17) is 0 Å². The minimum Gasteiger partial charge on any atom is -0.311 e. The molecule has 2 atom stereocenters. The van der Waals surface area contributed by atoms with Crippen molar-refractivity contribution >= 4 is 0 Å². The highest BCUT2D eigenvalue weighted by Crippen LogP contribution is 2.18. The molecule has 0 bridgehead atoms. The molecular weight excluding hydrogens is 246 g/mol. The van der Waals surface area contributed by atoms with Gasteiger partial charge in [-0.2, -0.15) is 0 Å². The van der Waals surface area contributed by atoms with Gasteiger partial charge in [-0.25, -0.2) is 0 Å². The van der Waals surface area contributed by atoms with Crippen molar-refractivity contribution in [1.29, 1.82) is 0 Å². The summed E-state index contributed by atoms with van der Waals surface area (Å²) in [7, 11) is 2.27. The van der Waals surface area contributed by atoms with Crippen LogP contribution in [0.4, 0.5) is 0 Å². The Bertz CT molecular complexity index is 259. The van der Waals surface area contributed by atoms with Crippen LogP contribution in [-0.4, -0.2) is 60.6 Å². The minimum absolute atomic E-state index is 0.219. The highest BCUT2D eigenvalue weighted by Gasteiger charge is 2.28. The monoisotopic (exact) mass is 283 g/mol. The fourth-order valence-corrected chi connectivity index (χ4v) is 3.25. The summed E-state index contributed by atoms with van der Waals surface area (Å²) >= 11 is 0. The van der Waals surface area contributed by atoms with Crippen LogP contribution in [0.5, 0.6) is 0 Å². The number of nitrogens with one attached hydrogen (secondary N) is 1. The first-order valence-electron chi connectivity index (χ1n) is 8.56. The maximum Gasteiger partial charge on any atom is 0.0224 e. The lowest BCUT2D eigenvalue weighted by atomic mass is 10.0. The van der Waals surface area contributed by atoms with Crippen LogP contribution in [0.25, 0.3) is 0 Å². The van der Waals surface area contributed by atoms with Gasteiger partial charge in [-0.3, -0.25) is 4.90 Å². The second-order valence-corrected chi connectivity index (χ2v) is 7.49. The number of likely N-dealkylation sites (N-methyl/N-ethyl adjacent to an activating group) is 1. The molecule has 2 unspecified atom stereocenters. The summed E-state index contributed by atoms with van der Waals surface area (Å²) in [6, 6.07) is 1.41. The van der Waals surface area contributed by atoms with E-state index in [0.717, 1.165) is 12.6 Å². The predicted octanol–water partition coefficient (Wildman–Crippen LogP) is 2.96. The largest absolute Gasteiger partial charge is 0.311 e. The third-order valence-corrected chi connectivity index (χ3v) is 4.38. The number of hydrogen-bond donors (Lipinski definition) is 1. The quantitative estimate of drug-likeness (QED) is 0.808. The molecule has 1 rings (SSSR count). The molecule has 3 heteroatoms. The summed E-state index contributed by atoms with van der Waals surface area (Å²) in [6.45, 7) is 16.3. The van der Waals surface area contributed by atoms with Gasteiger partial charge in [0.2, 0.25) is 0 Å². The van der Waals surface area contributed by atoms with Crippen LogP contribution in [-0.2, 0) is 0 Å². The van der Waals surface area contributed by atoms with Gasteiger partial charge >= 0.3 is 0 Å². The molecule has 1 fully saturated rings. The highest BCUT2D eigenvalue weighted by atomic mass is 15.3. The molecule has 1 aliphatic rings. The minimum atomic E-state index is 0.219. The second-order valence-electron chi connectivity index (χ2n) is 7.49. The van der Waals surface area contributed by atoms with Crippen molar-refractivity contribution in [1.82, 2.24) is 15.1 Å². The van der Waals surface area contributed by atoms with Crippen LogP contribution in [0.2, 0.25) is 0 Å². The molecule has 1 heterocycles. The molecule has 0 radical (unpaired) electrons. The molecule has 1 saturated heterocycles. The van der Waals surface area contributed by atoms with E-state index < -0.39 is 0 Å². The normalized spacial score (nSPS) is 24.6. The summed E-state index contributed by atoms with van der Waals surface area (Å²) in [5.41, 5.74) is 0.219. The Kier molecular flexibility index (Phi) is 7.49. The molecule has 0 aromatic carbocycles. The molecule has 0 spiro atoms. The van der Waals surface area contributed by atoms with Gasteiger partial charge in [-0.05, 0) is 53.6 Å². The molecule has 0 aliphatic carbocycles. The second kappa shape index (κ2) is 8.35. The van der Waals surface area contributed by atoms with E-state index in [-0.39, 0.29) is 5.54 Å². The third-order valence-electron chi connectivity index (χ3n) is 4.38. The fraction of sp³-hybridized carbons (Fsp3) is 1.00. The highest BCUT2D eigenvalue weighted by molar-refractivity contribution is 4.86. The maximum atomic E-state index is 3.73. The summed E-state index contributed by atoms with van der Waals surface area (Å²) < 4.78 is 0. The smallest absolute Gasteiger partial charge is 0.0224 e. The van der Waals surface area contributed by atoms with E-state index in [1.807, 2.05) is 0 Å². The predicted molar refractivity (Wildman–Crippen MR) is 89.4 cm³/mol. The topological polar surface area (TPSA) is 18.5 Å². The Labute approximate surface area is 127 Å². The Balaban J connectivity index is 2.70. The van der Waals surface area contributed by atoms with Crippen molar-refractivity contribution in [3.63, 3.8) is 0 Å². The molecule has 120 valence electrons. The lowest BCUT2D eigenvalue weighted by Gasteiger charge is -2.38. The molecule has 0 amide bonds. The van der Waals surface area contributed by atoms with Crippen LogP contribution >= 0.6 is 0 Å². The van der Waals surface area contributed by atoms with Crippen molar-refractivity contribution in [3.05, 3.63) is 0 Å². The Morgan fingerprint density at radius 2 is 1.90 bits per heavy atom. The SMILES string of the molecule is CCCC(CNC(C)(C)C)N1CCCN(C)CC1CC. The van der Waals surface area contributed by atoms with Crippen LogP contribution < -0.4 is 5.32 Å². The van der Waals surface area contributed by atoms with Gasteiger partial charge in [-0.1, -0.05) is 20.3 Å². The van der Waals surface area contributed by atoms with Crippen molar-refractivity contribution in [2.75, 3.05) is 33.2 Å². The number of nitrogens with zero attached hydrogens (tertiary/aromatic N) is 2. The first-order chi connectivity index (χ1) is 9.37. The van der Waals surface area contributed by atoms with Crippen molar-refractivity contribution in [2.24, 2.45) is 0 Å². The van der Waals surface area contributed by atoms with Gasteiger partial charge in [0.15, 0.2) is 0 Å². The van der Waals surface area contributed by atoms with E-state index in [2.05, 4.69) is 56.8 Å². The maximum absolute atomic E-state index is 3.73. The average molecular weight is 284 g/mol. The van der Waals surface area contributed by atoms with Gasteiger partial charge in [0.05, 0.1) is 0 Å². The molecule has 1 aliphatic heterocycles. The summed E-state index contributed by atoms with van der Waals surface area (Å²) in [5, 5.41) is 3.73. The van der Waals surface area contributed by atoms with E-state index in [1.165, 1.54) is 45.3 Å². The third kappa shape index (κ3) is 6.11. The van der Waals surface area contributed by atoms with Gasteiger partial charge in [0, 0.05) is 37.3 Å². The summed E-state index contributed by atoms with van der Waals surface area (Å²) in [6.07, 6.45) is 5.16. The fourth-order valence-electron chi connectivity index (χ4n) is 3.25. The van der Waals surface area contributed by atoms with Crippen molar-refractivity contribution in [3.8, 4) is 0 Å². The zero-order chi connectivity index (χ0) is 15.2. The Morgan fingerprint density at radius 1 is 1.20 bits per heavy atom. The van der Waals surface area contributed by atoms with Crippen LogP contribution in [0.1, 0.15) is 60.3 Å². The lowest BCUT2D eigenvalue weighted by molar-refractivity contribution is 0.114. The van der Waals surface area contributed by atoms with Gasteiger partial charge in [0.25, 0.3) is 0 Å². The molecule has 1 N–H and O–H groups in total. The first kappa shape index (κ1) is 17.9. The zero-order valence-corrected chi connectivity index (χ0v) is 14.7. The van der Waals surface area contributed by atoms with Gasteiger partial charge < -0.3 is 10.2 Å². The van der Waals surface area contributed by atoms with E-state index in [1.54, 1.807) is 0 Å². The molecule has 0 saturated carbocycles. The number of hydrogen-bond acceptors (Lipinski definition) is 3. The summed E-state index contributed by atoms with van der Waals surface area (Å²) in [5.74, 6) is 0. The van der Waals surface area contributed by atoms with Crippen LogP contribution in [0, 0.1) is 0 Å². The molecular formula is C17H37N3. The molecule has 0 aromatic rings. The van der Waals surface area contributed by atoms with Gasteiger partial charge in [0.1, 0.15) is 0 Å². The lowest BCUT2D eigenvalue weighted by Crippen LogP contribution is -2.52. The van der Waals surface area contributed by atoms with E-state index >= 15 is 0 Å².